The normalized spacial score (nSPS) is 27.9. The number of anilines is 2. The van der Waals surface area contributed by atoms with Gasteiger partial charge in [-0.3, -0.25) is 0 Å². The summed E-state index contributed by atoms with van der Waals surface area (Å²) in [6, 6.07) is -1.34. The second-order valence-electron chi connectivity index (χ2n) is 8.01. The topological polar surface area (TPSA) is 83.0 Å². The lowest BCUT2D eigenvalue weighted by atomic mass is 9.88. The van der Waals surface area contributed by atoms with Gasteiger partial charge in [0, 0.05) is 49.8 Å². The number of halogens is 7. The molecule has 1 atom stereocenters. The monoisotopic (exact) mass is 441 g/mol. The molecule has 3 aliphatic carbocycles. The summed E-state index contributed by atoms with van der Waals surface area (Å²) in [4.78, 5) is 11.8. The van der Waals surface area contributed by atoms with Crippen LogP contribution in [0.3, 0.4) is 0 Å². The molecule has 3 N–H and O–H groups in total. The van der Waals surface area contributed by atoms with Crippen molar-refractivity contribution in [2.45, 2.75) is 74.5 Å². The van der Waals surface area contributed by atoms with Crippen LogP contribution in [0.25, 0.3) is 5.57 Å². The van der Waals surface area contributed by atoms with Crippen molar-refractivity contribution in [2.75, 3.05) is 10.6 Å². The number of aliphatic hydroxyl groups excluding tert-OH is 1. The van der Waals surface area contributed by atoms with E-state index in [4.69, 9.17) is 0 Å². The van der Waals surface area contributed by atoms with Crippen molar-refractivity contribution >= 4 is 17.5 Å². The summed E-state index contributed by atoms with van der Waals surface area (Å²) in [5.74, 6) is -11.6. The fourth-order valence-electron chi connectivity index (χ4n) is 3.65. The molecule has 2 saturated carbocycles. The highest BCUT2D eigenvalue weighted by Crippen LogP contribution is 2.42. The van der Waals surface area contributed by atoms with Gasteiger partial charge >= 0.3 is 0 Å². The number of nitrogens with one attached hydrogen (secondary N) is 2. The molecule has 1 heterocycles. The Hall–Kier alpha value is -2.18. The van der Waals surface area contributed by atoms with Crippen molar-refractivity contribution in [2.24, 2.45) is 0 Å². The predicted molar refractivity (Wildman–Crippen MR) is 91.2 cm³/mol. The van der Waals surface area contributed by atoms with Crippen LogP contribution in [0.4, 0.5) is 42.6 Å². The SMILES string of the molecule is O[C@H]1C(F)=C(c2nc(NC3CC(F)(F)C3)nc(NC3CC(F)(F)C3)n2)CCC1(F)F. The maximum atomic E-state index is 14.4. The van der Waals surface area contributed by atoms with Crippen molar-refractivity contribution in [3.63, 3.8) is 0 Å². The molecule has 1 aromatic heterocycles. The summed E-state index contributed by atoms with van der Waals surface area (Å²) >= 11 is 0. The second kappa shape index (κ2) is 6.92. The summed E-state index contributed by atoms with van der Waals surface area (Å²) < 4.78 is 93.8. The molecule has 166 valence electrons. The molecule has 0 radical (unpaired) electrons. The first-order valence-electron chi connectivity index (χ1n) is 9.33. The first-order valence-corrected chi connectivity index (χ1v) is 9.33. The standard InChI is InChI=1S/C17H18F7N5O/c18-10-9(1-2-17(23,24)11(10)30)12-27-13(25-7-3-15(19,20)4-7)29-14(28-12)26-8-5-16(21,22)6-8/h7-8,11,30H,1-6H2,(H2,25,26,27,28,29)/t11-/m0/s1. The molecule has 3 aliphatic rings. The summed E-state index contributed by atoms with van der Waals surface area (Å²) in [5, 5.41) is 14.8. The Balaban J connectivity index is 1.61. The van der Waals surface area contributed by atoms with E-state index < -0.39 is 80.3 Å². The Morgan fingerprint density at radius 1 is 0.800 bits per heavy atom. The van der Waals surface area contributed by atoms with Crippen LogP contribution in [0, 0.1) is 0 Å². The van der Waals surface area contributed by atoms with Gasteiger partial charge in [0.1, 0.15) is 5.83 Å². The quantitative estimate of drug-likeness (QED) is 0.604. The first-order chi connectivity index (χ1) is 13.8. The molecular weight excluding hydrogens is 423 g/mol. The van der Waals surface area contributed by atoms with Gasteiger partial charge in [-0.25, -0.2) is 30.7 Å². The number of hydrogen-bond acceptors (Lipinski definition) is 6. The lowest BCUT2D eigenvalue weighted by Crippen LogP contribution is -2.45. The van der Waals surface area contributed by atoms with Gasteiger partial charge in [0.05, 0.1) is 0 Å². The lowest BCUT2D eigenvalue weighted by molar-refractivity contribution is -0.107. The van der Waals surface area contributed by atoms with Gasteiger partial charge in [-0.15, -0.1) is 0 Å². The number of alkyl halides is 6. The summed E-state index contributed by atoms with van der Waals surface area (Å²) in [7, 11) is 0. The Kier molecular flexibility index (Phi) is 4.86. The summed E-state index contributed by atoms with van der Waals surface area (Å²) in [5.41, 5.74) is -0.375. The Bertz CT molecular complexity index is 818. The van der Waals surface area contributed by atoms with Crippen LogP contribution in [0.15, 0.2) is 5.83 Å². The third kappa shape index (κ3) is 4.16. The fraction of sp³-hybridized carbons (Fsp3) is 0.706. The molecule has 0 unspecified atom stereocenters. The molecule has 0 bridgehead atoms. The largest absolute Gasteiger partial charge is 0.380 e. The smallest absolute Gasteiger partial charge is 0.280 e. The maximum absolute atomic E-state index is 14.4. The van der Waals surface area contributed by atoms with E-state index in [1.54, 1.807) is 0 Å². The molecule has 13 heteroatoms. The second-order valence-corrected chi connectivity index (χ2v) is 8.01. The zero-order chi connectivity index (χ0) is 21.9. The highest BCUT2D eigenvalue weighted by atomic mass is 19.3. The van der Waals surface area contributed by atoms with Gasteiger partial charge in [0.15, 0.2) is 11.9 Å². The van der Waals surface area contributed by atoms with Gasteiger partial charge in [0.2, 0.25) is 11.9 Å². The molecule has 0 amide bonds. The molecule has 0 aromatic carbocycles. The Labute approximate surface area is 166 Å². The number of nitrogens with zero attached hydrogens (tertiary/aromatic N) is 3. The predicted octanol–water partition coefficient (Wildman–Crippen LogP) is 3.76. The molecule has 6 nitrogen and oxygen atoms in total. The molecule has 2 fully saturated rings. The van der Waals surface area contributed by atoms with Crippen molar-refractivity contribution in [1.29, 1.82) is 0 Å². The zero-order valence-electron chi connectivity index (χ0n) is 15.4. The van der Waals surface area contributed by atoms with E-state index in [0.717, 1.165) is 0 Å². The van der Waals surface area contributed by atoms with E-state index >= 15 is 0 Å². The van der Waals surface area contributed by atoms with Crippen LogP contribution >= 0.6 is 0 Å². The van der Waals surface area contributed by atoms with Gasteiger partial charge in [-0.05, 0) is 6.42 Å². The van der Waals surface area contributed by atoms with Crippen LogP contribution in [-0.4, -0.2) is 56.0 Å². The highest BCUT2D eigenvalue weighted by molar-refractivity contribution is 5.66. The van der Waals surface area contributed by atoms with Gasteiger partial charge in [0.25, 0.3) is 17.8 Å². The molecule has 0 saturated heterocycles. The zero-order valence-corrected chi connectivity index (χ0v) is 15.4. The molecule has 0 aliphatic heterocycles. The minimum absolute atomic E-state index is 0.221. The van der Waals surface area contributed by atoms with Gasteiger partial charge in [-0.2, -0.15) is 15.0 Å². The van der Waals surface area contributed by atoms with E-state index in [1.807, 2.05) is 0 Å². The lowest BCUT2D eigenvalue weighted by Gasteiger charge is -2.36. The summed E-state index contributed by atoms with van der Waals surface area (Å²) in [6.45, 7) is 0. The van der Waals surface area contributed by atoms with Crippen molar-refractivity contribution in [3.05, 3.63) is 11.7 Å². The minimum atomic E-state index is -3.65. The van der Waals surface area contributed by atoms with Crippen molar-refractivity contribution in [1.82, 2.24) is 15.0 Å². The number of rotatable bonds is 5. The van der Waals surface area contributed by atoms with E-state index in [0.29, 0.717) is 0 Å². The van der Waals surface area contributed by atoms with Crippen molar-refractivity contribution < 1.29 is 35.8 Å². The Morgan fingerprint density at radius 3 is 1.70 bits per heavy atom. The molecule has 1 aromatic rings. The molecule has 30 heavy (non-hydrogen) atoms. The number of aliphatic hydroxyl groups is 1. The van der Waals surface area contributed by atoms with E-state index in [2.05, 4.69) is 25.6 Å². The average Bonchev–Trinajstić information content (AvgIpc) is 2.56. The van der Waals surface area contributed by atoms with Crippen LogP contribution < -0.4 is 10.6 Å². The fourth-order valence-corrected chi connectivity index (χ4v) is 3.65. The first kappa shape index (κ1) is 21.1. The minimum Gasteiger partial charge on any atom is -0.380 e. The number of allylic oxidation sites excluding steroid dienone is 1. The van der Waals surface area contributed by atoms with Crippen LogP contribution in [0.1, 0.15) is 44.3 Å². The molecular formula is C17H18F7N5O. The van der Waals surface area contributed by atoms with E-state index in [-0.39, 0.29) is 23.3 Å². The molecule has 4 rings (SSSR count). The highest BCUT2D eigenvalue weighted by Gasteiger charge is 2.48. The number of hydrogen-bond donors (Lipinski definition) is 3. The van der Waals surface area contributed by atoms with Crippen LogP contribution in [-0.2, 0) is 0 Å². The average molecular weight is 441 g/mol. The number of aromatic nitrogens is 3. The summed E-state index contributed by atoms with van der Waals surface area (Å²) in [6.07, 6.45) is -5.91. The van der Waals surface area contributed by atoms with Crippen LogP contribution in [0.2, 0.25) is 0 Å². The Morgan fingerprint density at radius 2 is 1.27 bits per heavy atom. The van der Waals surface area contributed by atoms with E-state index in [1.165, 1.54) is 0 Å². The third-order valence-electron chi connectivity index (χ3n) is 5.39. The maximum Gasteiger partial charge on any atom is 0.280 e. The van der Waals surface area contributed by atoms with Crippen molar-refractivity contribution in [3.8, 4) is 0 Å². The van der Waals surface area contributed by atoms with E-state index in [9.17, 15) is 35.8 Å². The molecule has 0 spiro atoms. The van der Waals surface area contributed by atoms with Gasteiger partial charge < -0.3 is 15.7 Å². The van der Waals surface area contributed by atoms with Crippen LogP contribution in [0.5, 0.6) is 0 Å². The van der Waals surface area contributed by atoms with Gasteiger partial charge in [-0.1, -0.05) is 0 Å². The third-order valence-corrected chi connectivity index (χ3v) is 5.39.